The Bertz CT molecular complexity index is 756. The second-order valence-electron chi connectivity index (χ2n) is 7.53. The molecule has 1 fully saturated rings. The number of esters is 1. The summed E-state index contributed by atoms with van der Waals surface area (Å²) in [6.45, 7) is 8.01. The molecular weight excluding hydrogens is 486 g/mol. The molecule has 0 radical (unpaired) electrons. The second kappa shape index (κ2) is 8.30. The van der Waals surface area contributed by atoms with E-state index in [1.165, 1.54) is 11.7 Å². The highest BCUT2D eigenvalue weighted by molar-refractivity contribution is 9.11. The van der Waals surface area contributed by atoms with Gasteiger partial charge in [-0.05, 0) is 58.5 Å². The first kappa shape index (κ1) is 21.9. The molecule has 0 aliphatic carbocycles. The van der Waals surface area contributed by atoms with Crippen LogP contribution in [0.1, 0.15) is 38.2 Å². The van der Waals surface area contributed by atoms with Gasteiger partial charge in [0.1, 0.15) is 10.2 Å². The molecule has 0 saturated carbocycles. The topological polar surface area (TPSA) is 90.7 Å². The van der Waals surface area contributed by atoms with Gasteiger partial charge in [-0.2, -0.15) is 0 Å². The first-order valence-electron chi connectivity index (χ1n) is 8.45. The van der Waals surface area contributed by atoms with Crippen LogP contribution in [0.25, 0.3) is 0 Å². The Hall–Kier alpha value is -1.42. The van der Waals surface area contributed by atoms with Crippen LogP contribution >= 0.6 is 31.9 Å². The summed E-state index contributed by atoms with van der Waals surface area (Å²) >= 11 is 6.47. The molecule has 1 aliphatic heterocycles. The zero-order valence-electron chi connectivity index (χ0n) is 15.9. The van der Waals surface area contributed by atoms with E-state index in [0.29, 0.717) is 15.9 Å². The summed E-state index contributed by atoms with van der Waals surface area (Å²) in [6, 6.07) is 0. The number of hydrogen-bond donors (Lipinski definition) is 0. The lowest BCUT2D eigenvalue weighted by molar-refractivity contribution is -0.124. The van der Waals surface area contributed by atoms with Crippen LogP contribution in [0.5, 0.6) is 0 Å². The quantitative estimate of drug-likeness (QED) is 0.580. The maximum atomic E-state index is 12.9. The van der Waals surface area contributed by atoms with Crippen molar-refractivity contribution in [2.45, 2.75) is 39.8 Å². The molecule has 8 nitrogen and oxygen atoms in total. The standard InChI is InChI=1S/C17H23Br2N3O5/c1-9-6-21(16(25)27-17(2,3)4)7-10(9)11(23)8-22-12(14(24)26-5)13(18)20-15(22)19/h9-10H,6-8H2,1-5H3/t9-,10-/m1/s1. The maximum Gasteiger partial charge on any atom is 0.410 e. The summed E-state index contributed by atoms with van der Waals surface area (Å²) in [5.74, 6) is -1.06. The Kier molecular flexibility index (Phi) is 6.72. The van der Waals surface area contributed by atoms with Crippen molar-refractivity contribution in [2.24, 2.45) is 11.8 Å². The zero-order chi connectivity index (χ0) is 20.5. The number of Topliss-reactive ketones (excluding diaryl/α,β-unsaturated/α-hetero) is 1. The normalized spacial score (nSPS) is 19.9. The minimum atomic E-state index is -0.595. The molecule has 0 spiro atoms. The second-order valence-corrected chi connectivity index (χ2v) is 8.99. The van der Waals surface area contributed by atoms with E-state index in [9.17, 15) is 14.4 Å². The highest BCUT2D eigenvalue weighted by Crippen LogP contribution is 2.28. The summed E-state index contributed by atoms with van der Waals surface area (Å²) in [7, 11) is 1.26. The molecule has 150 valence electrons. The summed E-state index contributed by atoms with van der Waals surface area (Å²) in [4.78, 5) is 42.8. The molecule has 1 aromatic rings. The Morgan fingerprint density at radius 1 is 1.22 bits per heavy atom. The average molecular weight is 509 g/mol. The predicted molar refractivity (Wildman–Crippen MR) is 104 cm³/mol. The lowest BCUT2D eigenvalue weighted by atomic mass is 9.93. The molecule has 1 aromatic heterocycles. The van der Waals surface area contributed by atoms with Crippen LogP contribution < -0.4 is 0 Å². The van der Waals surface area contributed by atoms with Crippen molar-refractivity contribution in [3.8, 4) is 0 Å². The summed E-state index contributed by atoms with van der Waals surface area (Å²) in [5.41, 5.74) is -0.432. The number of nitrogens with zero attached hydrogens (tertiary/aromatic N) is 3. The van der Waals surface area contributed by atoms with Gasteiger partial charge in [0.15, 0.2) is 16.2 Å². The maximum absolute atomic E-state index is 12.9. The highest BCUT2D eigenvalue weighted by Gasteiger charge is 2.39. The number of carbonyl (C=O) groups is 3. The molecule has 1 saturated heterocycles. The first-order chi connectivity index (χ1) is 12.4. The van der Waals surface area contributed by atoms with Gasteiger partial charge in [0.2, 0.25) is 0 Å². The van der Waals surface area contributed by atoms with E-state index in [1.54, 1.807) is 25.7 Å². The lowest BCUT2D eigenvalue weighted by Crippen LogP contribution is -2.36. The fourth-order valence-corrected chi connectivity index (χ4v) is 4.23. The number of likely N-dealkylation sites (tertiary alicyclic amines) is 1. The molecular formula is C17H23Br2N3O5. The van der Waals surface area contributed by atoms with Crippen molar-refractivity contribution in [2.75, 3.05) is 20.2 Å². The van der Waals surface area contributed by atoms with Gasteiger partial charge < -0.3 is 18.9 Å². The van der Waals surface area contributed by atoms with E-state index in [2.05, 4.69) is 36.8 Å². The Balaban J connectivity index is 2.13. The van der Waals surface area contributed by atoms with Crippen molar-refractivity contribution < 1.29 is 23.9 Å². The Labute approximate surface area is 174 Å². The average Bonchev–Trinajstić information content (AvgIpc) is 3.05. The van der Waals surface area contributed by atoms with Crippen molar-refractivity contribution in [3.05, 3.63) is 15.0 Å². The van der Waals surface area contributed by atoms with Gasteiger partial charge in [-0.25, -0.2) is 14.6 Å². The number of halogens is 2. The molecule has 0 bridgehead atoms. The van der Waals surface area contributed by atoms with E-state index in [-0.39, 0.29) is 36.4 Å². The van der Waals surface area contributed by atoms with E-state index >= 15 is 0 Å². The van der Waals surface area contributed by atoms with Crippen LogP contribution in [0.3, 0.4) is 0 Å². The van der Waals surface area contributed by atoms with Crippen LogP contribution in [0.2, 0.25) is 0 Å². The molecule has 1 aliphatic rings. The van der Waals surface area contributed by atoms with Gasteiger partial charge in [-0.15, -0.1) is 0 Å². The number of methoxy groups -OCH3 is 1. The third-order valence-corrected chi connectivity index (χ3v) is 5.41. The van der Waals surface area contributed by atoms with E-state index in [1.807, 2.05) is 6.92 Å². The number of carbonyl (C=O) groups excluding carboxylic acids is 3. The first-order valence-corrected chi connectivity index (χ1v) is 10.0. The van der Waals surface area contributed by atoms with Crippen molar-refractivity contribution >= 4 is 49.7 Å². The lowest BCUT2D eigenvalue weighted by Gasteiger charge is -2.24. The van der Waals surface area contributed by atoms with E-state index < -0.39 is 17.7 Å². The van der Waals surface area contributed by atoms with Crippen LogP contribution in [0.15, 0.2) is 9.34 Å². The highest BCUT2D eigenvalue weighted by atomic mass is 79.9. The summed E-state index contributed by atoms with van der Waals surface area (Å²) in [5, 5.41) is 0. The fraction of sp³-hybridized carbons (Fsp3) is 0.647. The summed E-state index contributed by atoms with van der Waals surface area (Å²) < 4.78 is 12.3. The number of imidazole rings is 1. The van der Waals surface area contributed by atoms with Crippen LogP contribution in [0.4, 0.5) is 4.79 Å². The van der Waals surface area contributed by atoms with Gasteiger partial charge >= 0.3 is 12.1 Å². The monoisotopic (exact) mass is 507 g/mol. The predicted octanol–water partition coefficient (Wildman–Crippen LogP) is 3.27. The number of hydrogen-bond acceptors (Lipinski definition) is 6. The smallest absolute Gasteiger partial charge is 0.410 e. The zero-order valence-corrected chi connectivity index (χ0v) is 19.1. The third-order valence-electron chi connectivity index (χ3n) is 4.25. The van der Waals surface area contributed by atoms with Gasteiger partial charge in [0.25, 0.3) is 0 Å². The molecule has 10 heteroatoms. The molecule has 2 rings (SSSR count). The number of rotatable bonds is 4. The minimum absolute atomic E-state index is 0.0164. The minimum Gasteiger partial charge on any atom is -0.464 e. The Morgan fingerprint density at radius 3 is 2.41 bits per heavy atom. The molecule has 2 atom stereocenters. The van der Waals surface area contributed by atoms with E-state index in [4.69, 9.17) is 9.47 Å². The van der Waals surface area contributed by atoms with Crippen LogP contribution in [-0.4, -0.2) is 58.1 Å². The largest absolute Gasteiger partial charge is 0.464 e. The van der Waals surface area contributed by atoms with Crippen molar-refractivity contribution in [1.82, 2.24) is 14.5 Å². The number of ketones is 1. The molecule has 0 aromatic carbocycles. The summed E-state index contributed by atoms with van der Waals surface area (Å²) in [6.07, 6.45) is -0.425. The molecule has 1 amide bonds. The molecule has 2 heterocycles. The van der Waals surface area contributed by atoms with Crippen LogP contribution in [0, 0.1) is 11.8 Å². The van der Waals surface area contributed by atoms with Gasteiger partial charge in [0, 0.05) is 19.0 Å². The molecule has 0 N–H and O–H groups in total. The molecule has 27 heavy (non-hydrogen) atoms. The fourth-order valence-electron chi connectivity index (χ4n) is 2.97. The number of aromatic nitrogens is 2. The number of ether oxygens (including phenoxy) is 2. The van der Waals surface area contributed by atoms with Crippen LogP contribution in [-0.2, 0) is 20.8 Å². The van der Waals surface area contributed by atoms with Gasteiger partial charge in [0.05, 0.1) is 13.7 Å². The van der Waals surface area contributed by atoms with Gasteiger partial charge in [-0.3, -0.25) is 4.79 Å². The van der Waals surface area contributed by atoms with Crippen molar-refractivity contribution in [1.29, 1.82) is 0 Å². The van der Waals surface area contributed by atoms with Crippen molar-refractivity contribution in [3.63, 3.8) is 0 Å². The third kappa shape index (κ3) is 5.10. The number of amides is 1. The molecule has 0 unspecified atom stereocenters. The Morgan fingerprint density at radius 2 is 1.85 bits per heavy atom. The van der Waals surface area contributed by atoms with Gasteiger partial charge in [-0.1, -0.05) is 6.92 Å². The van der Waals surface area contributed by atoms with E-state index in [0.717, 1.165) is 0 Å². The SMILES string of the molecule is COC(=O)c1c(Br)nc(Br)n1CC(=O)[C@@H]1CN(C(=O)OC(C)(C)C)C[C@H]1C.